The molecule has 1 aliphatic heterocycles. The van der Waals surface area contributed by atoms with Crippen LogP contribution < -0.4 is 10.6 Å². The minimum atomic E-state index is 0.0452. The van der Waals surface area contributed by atoms with Gasteiger partial charge in [0.25, 0.3) is 0 Å². The van der Waals surface area contributed by atoms with Crippen LogP contribution in [0.15, 0.2) is 30.3 Å². The van der Waals surface area contributed by atoms with Gasteiger partial charge in [0.15, 0.2) is 0 Å². The molecular formula is C20H31N3O. The third kappa shape index (κ3) is 4.50. The molecule has 4 heteroatoms. The molecule has 0 unspecified atom stereocenters. The largest absolute Gasteiger partial charge is 0.335 e. The van der Waals surface area contributed by atoms with Gasteiger partial charge in [0.1, 0.15) is 0 Å². The van der Waals surface area contributed by atoms with E-state index in [-0.39, 0.29) is 23.2 Å². The summed E-state index contributed by atoms with van der Waals surface area (Å²) in [6, 6.07) is 11.0. The zero-order valence-corrected chi connectivity index (χ0v) is 15.4. The zero-order valence-electron chi connectivity index (χ0n) is 15.4. The highest BCUT2D eigenvalue weighted by Gasteiger charge is 2.40. The number of carbonyl (C=O) groups excluding carboxylic acids is 1. The maximum Gasteiger partial charge on any atom is 0.318 e. The van der Waals surface area contributed by atoms with Gasteiger partial charge in [-0.25, -0.2) is 4.79 Å². The van der Waals surface area contributed by atoms with E-state index in [0.29, 0.717) is 12.6 Å². The highest BCUT2D eigenvalue weighted by molar-refractivity contribution is 5.75. The van der Waals surface area contributed by atoms with Crippen molar-refractivity contribution in [2.75, 3.05) is 0 Å². The molecule has 2 N–H and O–H groups in total. The minimum Gasteiger partial charge on any atom is -0.335 e. The molecule has 0 aromatic heterocycles. The predicted octanol–water partition coefficient (Wildman–Crippen LogP) is 3.67. The van der Waals surface area contributed by atoms with Crippen LogP contribution in [0.25, 0.3) is 0 Å². The van der Waals surface area contributed by atoms with Crippen LogP contribution >= 0.6 is 0 Å². The number of nitrogens with zero attached hydrogens (tertiary/aromatic N) is 1. The highest BCUT2D eigenvalue weighted by atomic mass is 16.2. The fraction of sp³-hybridized carbons (Fsp3) is 0.650. The number of nitrogens with one attached hydrogen (secondary N) is 2. The van der Waals surface area contributed by atoms with E-state index in [2.05, 4.69) is 50.5 Å². The van der Waals surface area contributed by atoms with Crippen LogP contribution in [-0.4, -0.2) is 34.1 Å². The molecule has 1 aromatic rings. The van der Waals surface area contributed by atoms with Gasteiger partial charge >= 0.3 is 6.03 Å². The molecule has 0 bridgehead atoms. The van der Waals surface area contributed by atoms with Crippen molar-refractivity contribution < 1.29 is 4.79 Å². The summed E-state index contributed by atoms with van der Waals surface area (Å²) in [5.41, 5.74) is 1.29. The lowest BCUT2D eigenvalue weighted by Gasteiger charge is -2.47. The van der Waals surface area contributed by atoms with Crippen molar-refractivity contribution in [3.8, 4) is 0 Å². The molecule has 1 saturated carbocycles. The molecule has 1 heterocycles. The first-order chi connectivity index (χ1) is 11.2. The average molecular weight is 329 g/mol. The summed E-state index contributed by atoms with van der Waals surface area (Å²) in [5.74, 6) is 0. The van der Waals surface area contributed by atoms with E-state index in [1.165, 1.54) is 5.56 Å². The third-order valence-electron chi connectivity index (χ3n) is 4.96. The van der Waals surface area contributed by atoms with E-state index in [1.807, 2.05) is 23.1 Å². The summed E-state index contributed by atoms with van der Waals surface area (Å²) in [6.07, 6.45) is 4.19. The smallest absolute Gasteiger partial charge is 0.318 e. The summed E-state index contributed by atoms with van der Waals surface area (Å²) >= 11 is 0. The monoisotopic (exact) mass is 329 g/mol. The molecular weight excluding hydrogens is 298 g/mol. The Bertz CT molecular complexity index is 562. The first-order valence-electron chi connectivity index (χ1n) is 9.15. The van der Waals surface area contributed by atoms with Crippen LogP contribution in [0.5, 0.6) is 0 Å². The summed E-state index contributed by atoms with van der Waals surface area (Å²) in [7, 11) is 0. The lowest BCUT2D eigenvalue weighted by molar-refractivity contribution is 0.137. The quantitative estimate of drug-likeness (QED) is 0.885. The Labute approximate surface area is 146 Å². The number of amides is 2. The zero-order chi connectivity index (χ0) is 17.4. The second-order valence-corrected chi connectivity index (χ2v) is 8.79. The van der Waals surface area contributed by atoms with Gasteiger partial charge in [0.2, 0.25) is 0 Å². The Balaban J connectivity index is 1.65. The normalized spacial score (nSPS) is 22.8. The van der Waals surface area contributed by atoms with Gasteiger partial charge in [0, 0.05) is 29.7 Å². The Morgan fingerprint density at radius 1 is 1.12 bits per heavy atom. The molecule has 24 heavy (non-hydrogen) atoms. The Morgan fingerprint density at radius 3 is 2.25 bits per heavy atom. The van der Waals surface area contributed by atoms with Crippen LogP contribution in [0.2, 0.25) is 0 Å². The lowest BCUT2D eigenvalue weighted by atomic mass is 9.79. The molecule has 1 saturated heterocycles. The molecule has 0 atom stereocenters. The number of piperidine rings is 1. The average Bonchev–Trinajstić information content (AvgIpc) is 3.26. The van der Waals surface area contributed by atoms with E-state index in [4.69, 9.17) is 0 Å². The fourth-order valence-electron chi connectivity index (χ4n) is 4.21. The standard InChI is InChI=1S/C20H31N3O/c1-19(2)12-16(13-20(3,4)22-19)21-18(24)23(17-10-11-17)14-15-8-6-5-7-9-15/h5-9,16-17,22H,10-14H2,1-4H3,(H,21,24). The first kappa shape index (κ1) is 17.3. The highest BCUT2D eigenvalue weighted by Crippen LogP contribution is 2.31. The minimum absolute atomic E-state index is 0.0452. The van der Waals surface area contributed by atoms with E-state index in [1.54, 1.807) is 0 Å². The number of hydrogen-bond acceptors (Lipinski definition) is 2. The second kappa shape index (κ2) is 6.40. The number of urea groups is 1. The number of carbonyl (C=O) groups is 1. The van der Waals surface area contributed by atoms with Crippen LogP contribution in [-0.2, 0) is 6.54 Å². The predicted molar refractivity (Wildman–Crippen MR) is 97.9 cm³/mol. The maximum atomic E-state index is 12.9. The summed E-state index contributed by atoms with van der Waals surface area (Å²) < 4.78 is 0. The van der Waals surface area contributed by atoms with Crippen LogP contribution in [0.3, 0.4) is 0 Å². The summed E-state index contributed by atoms with van der Waals surface area (Å²) in [6.45, 7) is 9.58. The van der Waals surface area contributed by atoms with Gasteiger partial charge in [-0.15, -0.1) is 0 Å². The van der Waals surface area contributed by atoms with Crippen molar-refractivity contribution in [3.63, 3.8) is 0 Å². The molecule has 1 aliphatic carbocycles. The molecule has 132 valence electrons. The lowest BCUT2D eigenvalue weighted by Crippen LogP contribution is -2.63. The van der Waals surface area contributed by atoms with Crippen molar-refractivity contribution in [1.29, 1.82) is 0 Å². The van der Waals surface area contributed by atoms with E-state index >= 15 is 0 Å². The van der Waals surface area contributed by atoms with Gasteiger partial charge in [-0.3, -0.25) is 0 Å². The topological polar surface area (TPSA) is 44.4 Å². The second-order valence-electron chi connectivity index (χ2n) is 8.79. The molecule has 1 aromatic carbocycles. The van der Waals surface area contributed by atoms with Gasteiger partial charge in [-0.1, -0.05) is 30.3 Å². The third-order valence-corrected chi connectivity index (χ3v) is 4.96. The van der Waals surface area contributed by atoms with Gasteiger partial charge in [-0.2, -0.15) is 0 Å². The molecule has 2 fully saturated rings. The molecule has 0 spiro atoms. The van der Waals surface area contributed by atoms with Crippen LogP contribution in [0.1, 0.15) is 58.9 Å². The Morgan fingerprint density at radius 2 is 1.71 bits per heavy atom. The SMILES string of the molecule is CC1(C)CC(NC(=O)N(Cc2ccccc2)C2CC2)CC(C)(C)N1. The van der Waals surface area contributed by atoms with Crippen molar-refractivity contribution >= 4 is 6.03 Å². The van der Waals surface area contributed by atoms with Gasteiger partial charge < -0.3 is 15.5 Å². The Hall–Kier alpha value is -1.55. The number of rotatable bonds is 4. The molecule has 3 rings (SSSR count). The molecule has 4 nitrogen and oxygen atoms in total. The number of hydrogen-bond donors (Lipinski definition) is 2. The van der Waals surface area contributed by atoms with Crippen molar-refractivity contribution in [3.05, 3.63) is 35.9 Å². The van der Waals surface area contributed by atoms with E-state index < -0.39 is 0 Å². The van der Waals surface area contributed by atoms with E-state index in [9.17, 15) is 4.79 Å². The van der Waals surface area contributed by atoms with Gasteiger partial charge in [-0.05, 0) is 58.9 Å². The van der Waals surface area contributed by atoms with E-state index in [0.717, 1.165) is 25.7 Å². The molecule has 2 amide bonds. The summed E-state index contributed by atoms with van der Waals surface area (Å²) in [4.78, 5) is 14.9. The van der Waals surface area contributed by atoms with Crippen molar-refractivity contribution in [1.82, 2.24) is 15.5 Å². The van der Waals surface area contributed by atoms with Crippen LogP contribution in [0.4, 0.5) is 4.79 Å². The maximum absolute atomic E-state index is 12.9. The molecule has 2 aliphatic rings. The van der Waals surface area contributed by atoms with Gasteiger partial charge in [0.05, 0.1) is 0 Å². The number of benzene rings is 1. The van der Waals surface area contributed by atoms with Crippen LogP contribution in [0, 0.1) is 0 Å². The molecule has 0 radical (unpaired) electrons. The first-order valence-corrected chi connectivity index (χ1v) is 9.15. The summed E-state index contributed by atoms with van der Waals surface area (Å²) in [5, 5.41) is 6.99. The fourth-order valence-corrected chi connectivity index (χ4v) is 4.21. The Kier molecular flexibility index (Phi) is 4.60. The van der Waals surface area contributed by atoms with Crippen molar-refractivity contribution in [2.45, 2.75) is 83.1 Å². The van der Waals surface area contributed by atoms with Crippen molar-refractivity contribution in [2.24, 2.45) is 0 Å².